The van der Waals surface area contributed by atoms with E-state index >= 15 is 0 Å². The monoisotopic (exact) mass is 211 g/mol. The molecule has 2 fully saturated rings. The largest absolute Gasteiger partial charge is 0.396 e. The molecule has 1 atom stereocenters. The summed E-state index contributed by atoms with van der Waals surface area (Å²) in [7, 11) is 0. The van der Waals surface area contributed by atoms with Gasteiger partial charge >= 0.3 is 0 Å². The molecule has 0 spiro atoms. The highest BCUT2D eigenvalue weighted by Gasteiger charge is 2.27. The Morgan fingerprint density at radius 2 is 1.73 bits per heavy atom. The van der Waals surface area contributed by atoms with Gasteiger partial charge < -0.3 is 10.0 Å². The van der Waals surface area contributed by atoms with Crippen molar-refractivity contribution in [1.29, 1.82) is 0 Å². The summed E-state index contributed by atoms with van der Waals surface area (Å²) in [4.78, 5) is 2.70. The number of aliphatic hydroxyl groups excluding tert-OH is 1. The van der Waals surface area contributed by atoms with Gasteiger partial charge in [0.2, 0.25) is 0 Å². The van der Waals surface area contributed by atoms with E-state index in [0.717, 1.165) is 18.4 Å². The molecule has 1 unspecified atom stereocenters. The smallest absolute Gasteiger partial charge is 0.0434 e. The maximum atomic E-state index is 8.95. The SMILES string of the molecule is OCCC1CCN(C2CCCCCC2)C1. The quantitative estimate of drug-likeness (QED) is 0.725. The van der Waals surface area contributed by atoms with Gasteiger partial charge in [0.15, 0.2) is 0 Å². The molecule has 0 aromatic heterocycles. The summed E-state index contributed by atoms with van der Waals surface area (Å²) in [5.74, 6) is 0.776. The zero-order chi connectivity index (χ0) is 10.5. The Morgan fingerprint density at radius 1 is 1.00 bits per heavy atom. The van der Waals surface area contributed by atoms with Crippen molar-refractivity contribution in [2.75, 3.05) is 19.7 Å². The van der Waals surface area contributed by atoms with Crippen molar-refractivity contribution in [2.24, 2.45) is 5.92 Å². The van der Waals surface area contributed by atoms with Gasteiger partial charge in [-0.3, -0.25) is 0 Å². The molecule has 0 radical (unpaired) electrons. The molecule has 1 aliphatic heterocycles. The minimum atomic E-state index is 0.378. The van der Waals surface area contributed by atoms with Crippen LogP contribution in [-0.2, 0) is 0 Å². The lowest BCUT2D eigenvalue weighted by atomic mass is 10.1. The van der Waals surface area contributed by atoms with Crippen LogP contribution in [0, 0.1) is 5.92 Å². The molecule has 2 nitrogen and oxygen atoms in total. The molecule has 1 saturated carbocycles. The summed E-state index contributed by atoms with van der Waals surface area (Å²) < 4.78 is 0. The van der Waals surface area contributed by atoms with E-state index in [1.165, 1.54) is 58.0 Å². The van der Waals surface area contributed by atoms with Gasteiger partial charge in [-0.15, -0.1) is 0 Å². The fourth-order valence-electron chi connectivity index (χ4n) is 3.24. The molecule has 88 valence electrons. The first-order chi connectivity index (χ1) is 7.40. The number of nitrogens with zero attached hydrogens (tertiary/aromatic N) is 1. The van der Waals surface area contributed by atoms with Crippen molar-refractivity contribution >= 4 is 0 Å². The lowest BCUT2D eigenvalue weighted by molar-refractivity contribution is 0.203. The summed E-state index contributed by atoms with van der Waals surface area (Å²) >= 11 is 0. The Balaban J connectivity index is 1.78. The third-order valence-corrected chi connectivity index (χ3v) is 4.20. The summed E-state index contributed by atoms with van der Waals surface area (Å²) in [5, 5.41) is 8.95. The normalized spacial score (nSPS) is 30.6. The molecule has 2 rings (SSSR count). The van der Waals surface area contributed by atoms with Crippen molar-refractivity contribution in [3.05, 3.63) is 0 Å². The van der Waals surface area contributed by atoms with Crippen molar-refractivity contribution in [1.82, 2.24) is 4.90 Å². The van der Waals surface area contributed by atoms with Crippen LogP contribution in [0.5, 0.6) is 0 Å². The minimum absolute atomic E-state index is 0.378. The minimum Gasteiger partial charge on any atom is -0.396 e. The van der Waals surface area contributed by atoms with Crippen LogP contribution in [0.3, 0.4) is 0 Å². The first-order valence-electron chi connectivity index (χ1n) is 6.75. The van der Waals surface area contributed by atoms with Gasteiger partial charge in [0.25, 0.3) is 0 Å². The second-order valence-corrected chi connectivity index (χ2v) is 5.31. The third kappa shape index (κ3) is 3.18. The fraction of sp³-hybridized carbons (Fsp3) is 1.00. The molecule has 1 saturated heterocycles. The fourth-order valence-corrected chi connectivity index (χ4v) is 3.24. The molecule has 0 aromatic carbocycles. The summed E-state index contributed by atoms with van der Waals surface area (Å²) in [5.41, 5.74) is 0. The van der Waals surface area contributed by atoms with Gasteiger partial charge in [-0.25, -0.2) is 0 Å². The van der Waals surface area contributed by atoms with Gasteiger partial charge in [0.1, 0.15) is 0 Å². The van der Waals surface area contributed by atoms with Crippen molar-refractivity contribution in [3.63, 3.8) is 0 Å². The van der Waals surface area contributed by atoms with E-state index < -0.39 is 0 Å². The predicted molar refractivity (Wildman–Crippen MR) is 62.9 cm³/mol. The number of hydrogen-bond acceptors (Lipinski definition) is 2. The summed E-state index contributed by atoms with van der Waals surface area (Å²) in [6.07, 6.45) is 10.9. The Labute approximate surface area is 93.7 Å². The van der Waals surface area contributed by atoms with Crippen LogP contribution in [0.25, 0.3) is 0 Å². The first kappa shape index (κ1) is 11.4. The predicted octanol–water partition coefficient (Wildman–Crippen LogP) is 2.41. The number of likely N-dealkylation sites (tertiary alicyclic amines) is 1. The van der Waals surface area contributed by atoms with E-state index in [-0.39, 0.29) is 0 Å². The van der Waals surface area contributed by atoms with E-state index in [4.69, 9.17) is 5.11 Å². The maximum Gasteiger partial charge on any atom is 0.0434 e. The Morgan fingerprint density at radius 3 is 2.40 bits per heavy atom. The van der Waals surface area contributed by atoms with Crippen LogP contribution in [-0.4, -0.2) is 35.7 Å². The van der Waals surface area contributed by atoms with Crippen LogP contribution in [0.4, 0.5) is 0 Å². The van der Waals surface area contributed by atoms with Crippen LogP contribution in [0.1, 0.15) is 51.4 Å². The molecule has 2 heteroatoms. The highest BCUT2D eigenvalue weighted by Crippen LogP contribution is 2.28. The van der Waals surface area contributed by atoms with Gasteiger partial charge in [-0.05, 0) is 38.1 Å². The highest BCUT2D eigenvalue weighted by atomic mass is 16.3. The van der Waals surface area contributed by atoms with Gasteiger partial charge in [0.05, 0.1) is 0 Å². The molecule has 0 amide bonds. The molecule has 0 bridgehead atoms. The van der Waals surface area contributed by atoms with E-state index in [1.54, 1.807) is 0 Å². The average Bonchev–Trinajstić information content (AvgIpc) is 2.53. The molecule has 1 heterocycles. The van der Waals surface area contributed by atoms with E-state index in [2.05, 4.69) is 4.90 Å². The topological polar surface area (TPSA) is 23.5 Å². The van der Waals surface area contributed by atoms with Gasteiger partial charge in [-0.2, -0.15) is 0 Å². The van der Waals surface area contributed by atoms with Crippen molar-refractivity contribution in [2.45, 2.75) is 57.4 Å². The van der Waals surface area contributed by atoms with Gasteiger partial charge in [0, 0.05) is 19.2 Å². The van der Waals surface area contributed by atoms with Crippen molar-refractivity contribution < 1.29 is 5.11 Å². The molecular weight excluding hydrogens is 186 g/mol. The van der Waals surface area contributed by atoms with Crippen LogP contribution >= 0.6 is 0 Å². The molecule has 1 N–H and O–H groups in total. The Bertz CT molecular complexity index is 175. The molecule has 15 heavy (non-hydrogen) atoms. The third-order valence-electron chi connectivity index (χ3n) is 4.20. The average molecular weight is 211 g/mol. The maximum absolute atomic E-state index is 8.95. The van der Waals surface area contributed by atoms with Crippen molar-refractivity contribution in [3.8, 4) is 0 Å². The highest BCUT2D eigenvalue weighted by molar-refractivity contribution is 4.82. The first-order valence-corrected chi connectivity index (χ1v) is 6.75. The second kappa shape index (κ2) is 5.86. The lowest BCUT2D eigenvalue weighted by Crippen LogP contribution is -2.33. The van der Waals surface area contributed by atoms with E-state index in [9.17, 15) is 0 Å². The van der Waals surface area contributed by atoms with E-state index in [1.807, 2.05) is 0 Å². The molecule has 1 aliphatic carbocycles. The Hall–Kier alpha value is -0.0800. The lowest BCUT2D eigenvalue weighted by Gasteiger charge is -2.26. The summed E-state index contributed by atoms with van der Waals surface area (Å²) in [6.45, 7) is 2.92. The Kier molecular flexibility index (Phi) is 4.45. The standard InChI is InChI=1S/C13H25NO/c15-10-8-12-7-9-14(11-12)13-5-3-1-2-4-6-13/h12-13,15H,1-11H2. The zero-order valence-electron chi connectivity index (χ0n) is 9.83. The molecule has 0 aromatic rings. The van der Waals surface area contributed by atoms with Gasteiger partial charge in [-0.1, -0.05) is 25.7 Å². The van der Waals surface area contributed by atoms with E-state index in [0.29, 0.717) is 6.61 Å². The molecule has 2 aliphatic rings. The number of rotatable bonds is 3. The summed E-state index contributed by atoms with van der Waals surface area (Å²) in [6, 6.07) is 0.871. The molecular formula is C13H25NO. The van der Waals surface area contributed by atoms with Crippen LogP contribution in [0.2, 0.25) is 0 Å². The number of aliphatic hydroxyl groups is 1. The zero-order valence-corrected chi connectivity index (χ0v) is 9.83. The second-order valence-electron chi connectivity index (χ2n) is 5.31. The van der Waals surface area contributed by atoms with Crippen LogP contribution in [0.15, 0.2) is 0 Å². The number of hydrogen-bond donors (Lipinski definition) is 1. The van der Waals surface area contributed by atoms with Crippen LogP contribution < -0.4 is 0 Å².